The number of carbonyl (C=O) groups is 2. The van der Waals surface area contributed by atoms with Gasteiger partial charge in [0.1, 0.15) is 0 Å². The number of ether oxygens (including phenoxy) is 1. The zero-order chi connectivity index (χ0) is 19.2. The van der Waals surface area contributed by atoms with Crippen molar-refractivity contribution in [3.8, 4) is 0 Å². The lowest BCUT2D eigenvalue weighted by molar-refractivity contribution is -0.120. The summed E-state index contributed by atoms with van der Waals surface area (Å²) in [5.41, 5.74) is 0.210. The van der Waals surface area contributed by atoms with E-state index in [1.54, 1.807) is 38.3 Å². The topological polar surface area (TPSA) is 114 Å². The van der Waals surface area contributed by atoms with E-state index in [0.717, 1.165) is 0 Å². The third-order valence-electron chi connectivity index (χ3n) is 4.15. The molecular weight excluding hydrogens is 358 g/mol. The van der Waals surface area contributed by atoms with E-state index in [1.807, 2.05) is 0 Å². The Balaban J connectivity index is 1.93. The number of sulfone groups is 1. The number of anilines is 1. The summed E-state index contributed by atoms with van der Waals surface area (Å²) in [6.07, 6.45) is 0.402. The average Bonchev–Trinajstić information content (AvgIpc) is 2.86. The van der Waals surface area contributed by atoms with Gasteiger partial charge in [0, 0.05) is 19.3 Å². The van der Waals surface area contributed by atoms with Crippen LogP contribution in [0.5, 0.6) is 0 Å². The molecule has 3 N–H and O–H groups in total. The van der Waals surface area contributed by atoms with Crippen molar-refractivity contribution in [1.29, 1.82) is 0 Å². The number of carbonyl (C=O) groups excluding carboxylic acids is 2. The van der Waals surface area contributed by atoms with Crippen LogP contribution in [0.1, 0.15) is 23.7 Å². The number of nitrogens with one attached hydrogen (secondary N) is 3. The van der Waals surface area contributed by atoms with E-state index in [9.17, 15) is 18.0 Å². The second kappa shape index (κ2) is 8.50. The van der Waals surface area contributed by atoms with Gasteiger partial charge in [-0.25, -0.2) is 8.42 Å². The van der Waals surface area contributed by atoms with Crippen molar-refractivity contribution in [2.24, 2.45) is 0 Å². The molecule has 144 valence electrons. The van der Waals surface area contributed by atoms with Crippen LogP contribution in [0.3, 0.4) is 0 Å². The van der Waals surface area contributed by atoms with Crippen LogP contribution in [0.25, 0.3) is 0 Å². The number of hydrogen-bond acceptors (Lipinski definition) is 6. The first-order valence-electron chi connectivity index (χ1n) is 8.36. The molecule has 1 aliphatic rings. The lowest BCUT2D eigenvalue weighted by Crippen LogP contribution is -2.48. The smallest absolute Gasteiger partial charge is 0.253 e. The summed E-state index contributed by atoms with van der Waals surface area (Å²) in [7, 11) is -1.54. The zero-order valence-electron chi connectivity index (χ0n) is 15.0. The van der Waals surface area contributed by atoms with Gasteiger partial charge in [-0.1, -0.05) is 12.1 Å². The molecule has 0 spiro atoms. The largest absolute Gasteiger partial charge is 0.383 e. The molecule has 8 nitrogen and oxygen atoms in total. The van der Waals surface area contributed by atoms with Gasteiger partial charge in [0.15, 0.2) is 9.84 Å². The van der Waals surface area contributed by atoms with E-state index < -0.39 is 15.4 Å². The van der Waals surface area contributed by atoms with Crippen LogP contribution in [0.4, 0.5) is 5.69 Å². The molecule has 0 aromatic heterocycles. The minimum absolute atomic E-state index is 0.0514. The lowest BCUT2D eigenvalue weighted by Gasteiger charge is -2.24. The molecule has 1 unspecified atom stereocenters. The number of rotatable bonds is 8. The van der Waals surface area contributed by atoms with Gasteiger partial charge >= 0.3 is 0 Å². The first kappa shape index (κ1) is 20.2. The van der Waals surface area contributed by atoms with Crippen molar-refractivity contribution in [3.05, 3.63) is 29.8 Å². The molecule has 1 saturated heterocycles. The first-order chi connectivity index (χ1) is 12.2. The fourth-order valence-electron chi connectivity index (χ4n) is 2.86. The van der Waals surface area contributed by atoms with Crippen molar-refractivity contribution in [2.75, 3.05) is 43.6 Å². The molecule has 9 heteroatoms. The van der Waals surface area contributed by atoms with Gasteiger partial charge in [0.2, 0.25) is 5.91 Å². The predicted molar refractivity (Wildman–Crippen MR) is 99.0 cm³/mol. The molecule has 2 amide bonds. The Morgan fingerprint density at radius 3 is 2.65 bits per heavy atom. The Bertz CT molecular complexity index is 765. The lowest BCUT2D eigenvalue weighted by atomic mass is 10.0. The summed E-state index contributed by atoms with van der Waals surface area (Å²) >= 11 is 0. The molecule has 26 heavy (non-hydrogen) atoms. The van der Waals surface area contributed by atoms with Crippen LogP contribution in [0.2, 0.25) is 0 Å². The van der Waals surface area contributed by atoms with Crippen molar-refractivity contribution < 1.29 is 22.7 Å². The maximum absolute atomic E-state index is 12.2. The summed E-state index contributed by atoms with van der Waals surface area (Å²) in [4.78, 5) is 24.4. The van der Waals surface area contributed by atoms with Crippen molar-refractivity contribution in [1.82, 2.24) is 10.6 Å². The van der Waals surface area contributed by atoms with Gasteiger partial charge in [-0.2, -0.15) is 0 Å². The van der Waals surface area contributed by atoms with Crippen LogP contribution in [-0.2, 0) is 19.4 Å². The molecule has 0 saturated carbocycles. The van der Waals surface area contributed by atoms with E-state index in [-0.39, 0.29) is 29.9 Å². The van der Waals surface area contributed by atoms with Crippen LogP contribution in [-0.4, -0.2) is 64.1 Å². The Morgan fingerprint density at radius 1 is 1.27 bits per heavy atom. The predicted octanol–water partition coefficient (Wildman–Crippen LogP) is 0.168. The first-order valence-corrected chi connectivity index (χ1v) is 10.2. The molecule has 1 atom stereocenters. The summed E-state index contributed by atoms with van der Waals surface area (Å²) in [6, 6.07) is 6.87. The van der Waals surface area contributed by atoms with E-state index in [2.05, 4.69) is 16.0 Å². The Labute approximate surface area is 153 Å². The van der Waals surface area contributed by atoms with Gasteiger partial charge in [-0.3, -0.25) is 9.59 Å². The summed E-state index contributed by atoms with van der Waals surface area (Å²) in [5.74, 6) is -0.551. The van der Waals surface area contributed by atoms with Crippen molar-refractivity contribution >= 4 is 27.3 Å². The third-order valence-corrected chi connectivity index (χ3v) is 6.05. The summed E-state index contributed by atoms with van der Waals surface area (Å²) in [5, 5.41) is 8.45. The number of amides is 2. The standard InChI is InChI=1S/C17H25N3O5S/c1-17(7-10-26(23,24)12-17)20-15(21)11-19-14-6-4-3-5-13(14)16(22)18-8-9-25-2/h3-6,19H,7-12H2,1-2H3,(H,18,22)(H,20,21). The van der Waals surface area contributed by atoms with Crippen LogP contribution < -0.4 is 16.0 Å². The zero-order valence-corrected chi connectivity index (χ0v) is 15.8. The number of benzene rings is 1. The maximum atomic E-state index is 12.2. The average molecular weight is 383 g/mol. The van der Waals surface area contributed by atoms with Crippen LogP contribution >= 0.6 is 0 Å². The van der Waals surface area contributed by atoms with Gasteiger partial charge < -0.3 is 20.7 Å². The normalized spacial score (nSPS) is 21.2. The fourth-order valence-corrected chi connectivity index (χ4v) is 4.96. The molecular formula is C17H25N3O5S. The number of hydrogen-bond donors (Lipinski definition) is 3. The molecule has 1 aromatic carbocycles. The van der Waals surface area contributed by atoms with E-state index in [4.69, 9.17) is 4.74 Å². The molecule has 1 fully saturated rings. The Morgan fingerprint density at radius 2 is 2.00 bits per heavy atom. The van der Waals surface area contributed by atoms with E-state index in [0.29, 0.717) is 30.8 Å². The van der Waals surface area contributed by atoms with Crippen molar-refractivity contribution in [2.45, 2.75) is 18.9 Å². The summed E-state index contributed by atoms with van der Waals surface area (Å²) in [6.45, 7) is 2.47. The van der Waals surface area contributed by atoms with Gasteiger partial charge in [0.05, 0.1) is 35.8 Å². The Hall–Kier alpha value is -2.13. The van der Waals surface area contributed by atoms with Crippen molar-refractivity contribution in [3.63, 3.8) is 0 Å². The SMILES string of the molecule is COCCNC(=O)c1ccccc1NCC(=O)NC1(C)CCS(=O)(=O)C1. The van der Waals surface area contributed by atoms with Gasteiger partial charge in [-0.05, 0) is 25.5 Å². The van der Waals surface area contributed by atoms with E-state index >= 15 is 0 Å². The molecule has 1 heterocycles. The highest BCUT2D eigenvalue weighted by atomic mass is 32.2. The minimum Gasteiger partial charge on any atom is -0.383 e. The molecule has 1 aliphatic heterocycles. The molecule has 1 aromatic rings. The monoisotopic (exact) mass is 383 g/mol. The minimum atomic E-state index is -3.09. The number of methoxy groups -OCH3 is 1. The highest BCUT2D eigenvalue weighted by molar-refractivity contribution is 7.91. The highest BCUT2D eigenvalue weighted by Crippen LogP contribution is 2.22. The highest BCUT2D eigenvalue weighted by Gasteiger charge is 2.39. The maximum Gasteiger partial charge on any atom is 0.253 e. The van der Waals surface area contributed by atoms with Crippen LogP contribution in [0.15, 0.2) is 24.3 Å². The van der Waals surface area contributed by atoms with E-state index in [1.165, 1.54) is 0 Å². The number of para-hydroxylation sites is 1. The summed E-state index contributed by atoms with van der Waals surface area (Å²) < 4.78 is 28.1. The van der Waals surface area contributed by atoms with Gasteiger partial charge in [-0.15, -0.1) is 0 Å². The molecule has 0 radical (unpaired) electrons. The van der Waals surface area contributed by atoms with Crippen LogP contribution in [0, 0.1) is 0 Å². The molecule has 0 aliphatic carbocycles. The molecule has 0 bridgehead atoms. The fraction of sp³-hybridized carbons (Fsp3) is 0.529. The molecule has 2 rings (SSSR count). The quantitative estimate of drug-likeness (QED) is 0.552. The Kier molecular flexibility index (Phi) is 6.60. The third kappa shape index (κ3) is 5.70. The second-order valence-electron chi connectivity index (χ2n) is 6.60. The van der Waals surface area contributed by atoms with Gasteiger partial charge in [0.25, 0.3) is 5.91 Å². The second-order valence-corrected chi connectivity index (χ2v) is 8.78.